The molecule has 0 bridgehead atoms. The Bertz CT molecular complexity index is 2730. The molecule has 5 heteroatoms. The van der Waals surface area contributed by atoms with Gasteiger partial charge >= 0.3 is 0 Å². The van der Waals surface area contributed by atoms with Crippen LogP contribution in [-0.2, 0) is 6.42 Å². The summed E-state index contributed by atoms with van der Waals surface area (Å²) in [6.45, 7) is 0. The first-order valence-electron chi connectivity index (χ1n) is 16.2. The van der Waals surface area contributed by atoms with E-state index in [0.717, 1.165) is 90.3 Å². The van der Waals surface area contributed by atoms with Gasteiger partial charge in [0.2, 0.25) is 0 Å². The molecule has 0 saturated carbocycles. The molecule has 1 aliphatic rings. The molecule has 0 amide bonds. The van der Waals surface area contributed by atoms with Gasteiger partial charge in [-0.15, -0.1) is 0 Å². The van der Waals surface area contributed by atoms with Crippen LogP contribution in [-0.4, -0.2) is 15.0 Å². The van der Waals surface area contributed by atoms with Crippen LogP contribution in [0.4, 0.5) is 0 Å². The number of benzene rings is 6. The normalized spacial score (nSPS) is 13.0. The fourth-order valence-corrected chi connectivity index (χ4v) is 7.12. The Hall–Kier alpha value is -6.33. The number of fused-ring (bicyclic) bond motifs is 7. The number of rotatable bonds is 4. The molecule has 6 aromatic carbocycles. The Morgan fingerprint density at radius 2 is 1.12 bits per heavy atom. The van der Waals surface area contributed by atoms with Crippen molar-refractivity contribution < 1.29 is 8.83 Å². The Balaban J connectivity index is 1.13. The number of para-hydroxylation sites is 2. The van der Waals surface area contributed by atoms with E-state index in [9.17, 15) is 0 Å². The number of nitrogens with zero attached hydrogens (tertiary/aromatic N) is 3. The number of furan rings is 2. The lowest BCUT2D eigenvalue weighted by atomic mass is 9.93. The average molecular weight is 618 g/mol. The van der Waals surface area contributed by atoms with Crippen molar-refractivity contribution in [3.05, 3.63) is 157 Å². The minimum atomic E-state index is 0.627. The molecule has 0 N–H and O–H groups in total. The number of hydrogen-bond acceptors (Lipinski definition) is 5. The maximum atomic E-state index is 6.31. The smallest absolute Gasteiger partial charge is 0.164 e. The lowest BCUT2D eigenvalue weighted by molar-refractivity contribution is 0.545. The highest BCUT2D eigenvalue weighted by Gasteiger charge is 2.25. The predicted octanol–water partition coefficient (Wildman–Crippen LogP) is 11.0. The molecular weight excluding hydrogens is 590 g/mol. The van der Waals surface area contributed by atoms with Crippen molar-refractivity contribution in [3.8, 4) is 33.9 Å². The van der Waals surface area contributed by atoms with Crippen molar-refractivity contribution in [2.45, 2.75) is 12.8 Å². The first-order chi connectivity index (χ1) is 23.8. The minimum absolute atomic E-state index is 0.627. The molecule has 48 heavy (non-hydrogen) atoms. The van der Waals surface area contributed by atoms with E-state index < -0.39 is 0 Å². The Labute approximate surface area is 275 Å². The summed E-state index contributed by atoms with van der Waals surface area (Å²) < 4.78 is 12.5. The molecule has 0 saturated heterocycles. The van der Waals surface area contributed by atoms with Crippen molar-refractivity contribution in [3.63, 3.8) is 0 Å². The largest absolute Gasteiger partial charge is 0.460 e. The van der Waals surface area contributed by atoms with Crippen LogP contribution in [0.2, 0.25) is 0 Å². The molecule has 0 aliphatic heterocycles. The van der Waals surface area contributed by atoms with Crippen molar-refractivity contribution in [1.29, 1.82) is 0 Å². The first-order valence-corrected chi connectivity index (χ1v) is 16.2. The van der Waals surface area contributed by atoms with Crippen LogP contribution in [0.25, 0.3) is 83.2 Å². The van der Waals surface area contributed by atoms with E-state index in [-0.39, 0.29) is 0 Å². The van der Waals surface area contributed by atoms with E-state index in [4.69, 9.17) is 23.8 Å². The summed E-state index contributed by atoms with van der Waals surface area (Å²) in [6.07, 6.45) is 3.95. The van der Waals surface area contributed by atoms with E-state index in [1.54, 1.807) is 0 Å². The monoisotopic (exact) mass is 617 g/mol. The van der Waals surface area contributed by atoms with Crippen LogP contribution >= 0.6 is 0 Å². The van der Waals surface area contributed by atoms with Gasteiger partial charge in [-0.2, -0.15) is 0 Å². The Morgan fingerprint density at radius 3 is 1.98 bits per heavy atom. The zero-order valence-electron chi connectivity index (χ0n) is 25.9. The van der Waals surface area contributed by atoms with Gasteiger partial charge in [0.25, 0.3) is 0 Å². The molecule has 1 aliphatic carbocycles. The maximum Gasteiger partial charge on any atom is 0.164 e. The maximum absolute atomic E-state index is 6.31. The third kappa shape index (κ3) is 4.28. The van der Waals surface area contributed by atoms with Gasteiger partial charge in [0.05, 0.1) is 0 Å². The number of allylic oxidation sites excluding steroid dienone is 1. The van der Waals surface area contributed by atoms with Crippen molar-refractivity contribution in [1.82, 2.24) is 15.0 Å². The topological polar surface area (TPSA) is 65.0 Å². The molecule has 3 heterocycles. The van der Waals surface area contributed by atoms with Gasteiger partial charge in [-0.25, -0.2) is 15.0 Å². The van der Waals surface area contributed by atoms with Crippen LogP contribution in [0.5, 0.6) is 0 Å². The van der Waals surface area contributed by atoms with Gasteiger partial charge in [0.15, 0.2) is 17.5 Å². The predicted molar refractivity (Wildman–Crippen MR) is 193 cm³/mol. The highest BCUT2D eigenvalue weighted by atomic mass is 16.3. The second kappa shape index (κ2) is 10.6. The van der Waals surface area contributed by atoms with Crippen LogP contribution in [0.3, 0.4) is 0 Å². The molecule has 3 aromatic heterocycles. The molecule has 0 unspecified atom stereocenters. The summed E-state index contributed by atoms with van der Waals surface area (Å²) in [7, 11) is 0. The second-order valence-corrected chi connectivity index (χ2v) is 12.3. The number of hydrogen-bond donors (Lipinski definition) is 0. The molecule has 226 valence electrons. The summed E-state index contributed by atoms with van der Waals surface area (Å²) in [5.41, 5.74) is 8.82. The summed E-state index contributed by atoms with van der Waals surface area (Å²) in [5.74, 6) is 2.89. The zero-order chi connectivity index (χ0) is 31.6. The molecule has 0 atom stereocenters. The zero-order valence-corrected chi connectivity index (χ0v) is 25.9. The Morgan fingerprint density at radius 1 is 0.479 bits per heavy atom. The van der Waals surface area contributed by atoms with Gasteiger partial charge in [-0.05, 0) is 52.6 Å². The van der Waals surface area contributed by atoms with Crippen LogP contribution in [0, 0.1) is 0 Å². The van der Waals surface area contributed by atoms with E-state index in [2.05, 4.69) is 103 Å². The standard InChI is InChI=1S/C43H27N3O2/c1-2-10-29-25-30(24-19-26(29)9-1)42-44-41(45-43(46-42)34-14-8-18-38-40(34)33-12-4-6-16-36(33)48-38)28-22-20-27(21-23-28)31-13-7-17-37-39(31)32-11-3-5-15-35(32)47-37/h1-7,9-17,19-25H,8,18H2. The molecule has 10 rings (SSSR count). The summed E-state index contributed by atoms with van der Waals surface area (Å²) in [5, 5.41) is 5.63. The van der Waals surface area contributed by atoms with Crippen LogP contribution in [0.1, 0.15) is 23.6 Å². The third-order valence-electron chi connectivity index (χ3n) is 9.40. The fraction of sp³-hybridized carbons (Fsp3) is 0.0465. The highest BCUT2D eigenvalue weighted by Crippen LogP contribution is 2.40. The lowest BCUT2D eigenvalue weighted by Crippen LogP contribution is -2.06. The first kappa shape index (κ1) is 26.8. The van der Waals surface area contributed by atoms with Crippen molar-refractivity contribution in [2.75, 3.05) is 0 Å². The molecule has 0 radical (unpaired) electrons. The van der Waals surface area contributed by atoms with E-state index in [1.165, 1.54) is 5.39 Å². The van der Waals surface area contributed by atoms with Gasteiger partial charge in [0, 0.05) is 44.8 Å². The van der Waals surface area contributed by atoms with E-state index in [1.807, 2.05) is 36.4 Å². The quantitative estimate of drug-likeness (QED) is 0.197. The van der Waals surface area contributed by atoms with Gasteiger partial charge in [0.1, 0.15) is 22.5 Å². The van der Waals surface area contributed by atoms with E-state index >= 15 is 0 Å². The van der Waals surface area contributed by atoms with Crippen molar-refractivity contribution >= 4 is 49.3 Å². The highest BCUT2D eigenvalue weighted by molar-refractivity contribution is 6.12. The number of aromatic nitrogens is 3. The number of aryl methyl sites for hydroxylation is 1. The SMILES string of the molecule is C1=C(c2nc(-c3ccc(-c4cccc5oc6ccccc6c45)cc3)nc(-c3ccc4ccccc4c3)n2)c2c(oc3ccccc23)CC1. The molecule has 5 nitrogen and oxygen atoms in total. The molecule has 0 fully saturated rings. The average Bonchev–Trinajstić information content (AvgIpc) is 3.73. The van der Waals surface area contributed by atoms with Gasteiger partial charge in [-0.1, -0.05) is 115 Å². The molecule has 9 aromatic rings. The minimum Gasteiger partial charge on any atom is -0.460 e. The molecule has 0 spiro atoms. The molecular formula is C43H27N3O2. The second-order valence-electron chi connectivity index (χ2n) is 12.3. The lowest BCUT2D eigenvalue weighted by Gasteiger charge is -2.15. The van der Waals surface area contributed by atoms with Gasteiger partial charge in [-0.3, -0.25) is 0 Å². The fourth-order valence-electron chi connectivity index (χ4n) is 7.12. The van der Waals surface area contributed by atoms with Crippen LogP contribution < -0.4 is 0 Å². The third-order valence-corrected chi connectivity index (χ3v) is 9.40. The van der Waals surface area contributed by atoms with E-state index in [0.29, 0.717) is 17.5 Å². The van der Waals surface area contributed by atoms with Gasteiger partial charge < -0.3 is 8.83 Å². The van der Waals surface area contributed by atoms with Crippen LogP contribution in [0.15, 0.2) is 148 Å². The summed E-state index contributed by atoms with van der Waals surface area (Å²) in [6, 6.07) is 45.9. The Kier molecular flexibility index (Phi) is 5.93. The summed E-state index contributed by atoms with van der Waals surface area (Å²) in [4.78, 5) is 15.3. The van der Waals surface area contributed by atoms with Crippen molar-refractivity contribution in [2.24, 2.45) is 0 Å². The summed E-state index contributed by atoms with van der Waals surface area (Å²) >= 11 is 0.